The van der Waals surface area contributed by atoms with E-state index in [1.807, 2.05) is 6.92 Å². The number of benzene rings is 1. The minimum atomic E-state index is -3.56. The van der Waals surface area contributed by atoms with Crippen LogP contribution in [0.15, 0.2) is 33.9 Å². The zero-order valence-electron chi connectivity index (χ0n) is 11.0. The molecular weight excluding hydrogens is 280 g/mol. The molecule has 0 spiro atoms. The molecule has 0 unspecified atom stereocenters. The van der Waals surface area contributed by atoms with Gasteiger partial charge in [0.1, 0.15) is 0 Å². The number of hydrogen-bond donors (Lipinski definition) is 2. The maximum Gasteiger partial charge on any atom is 0.240 e. The molecule has 7 nitrogen and oxygen atoms in total. The normalized spacial score (nSPS) is 11.7. The van der Waals surface area contributed by atoms with Crippen LogP contribution in [0.5, 0.6) is 0 Å². The zero-order valence-corrected chi connectivity index (χ0v) is 11.9. The van der Waals surface area contributed by atoms with E-state index in [0.717, 1.165) is 11.1 Å². The molecule has 20 heavy (non-hydrogen) atoms. The number of hydrogen-bond acceptors (Lipinski definition) is 6. The standard InChI is InChI=1S/C12H16N4O3S/c1-9-2-3-11(6-10(9)7-13)20(17,18)16-5-4-12-14-8-15-19-12/h2-3,6,8,16H,4-5,7,13H2,1H3. The number of rotatable bonds is 6. The summed E-state index contributed by atoms with van der Waals surface area (Å²) in [7, 11) is -3.56. The first-order valence-corrected chi connectivity index (χ1v) is 7.56. The van der Waals surface area contributed by atoms with Crippen LogP contribution in [0.1, 0.15) is 17.0 Å². The van der Waals surface area contributed by atoms with Gasteiger partial charge in [0.2, 0.25) is 15.9 Å². The molecule has 1 aromatic heterocycles. The first kappa shape index (κ1) is 14.6. The molecule has 2 rings (SSSR count). The van der Waals surface area contributed by atoms with E-state index < -0.39 is 10.0 Å². The van der Waals surface area contributed by atoms with Crippen LogP contribution in [0.3, 0.4) is 0 Å². The van der Waals surface area contributed by atoms with Crippen molar-refractivity contribution in [3.8, 4) is 0 Å². The number of nitrogens with two attached hydrogens (primary N) is 1. The molecule has 1 heterocycles. The number of nitrogens with zero attached hydrogens (tertiary/aromatic N) is 2. The molecule has 0 aliphatic rings. The van der Waals surface area contributed by atoms with Crippen LogP contribution < -0.4 is 10.5 Å². The highest BCUT2D eigenvalue weighted by atomic mass is 32.2. The molecular formula is C12H16N4O3S. The highest BCUT2D eigenvalue weighted by molar-refractivity contribution is 7.89. The average Bonchev–Trinajstić information content (AvgIpc) is 2.92. The van der Waals surface area contributed by atoms with Crippen molar-refractivity contribution < 1.29 is 12.9 Å². The molecule has 0 atom stereocenters. The SMILES string of the molecule is Cc1ccc(S(=O)(=O)NCCc2ncno2)cc1CN. The lowest BCUT2D eigenvalue weighted by molar-refractivity contribution is 0.377. The maximum atomic E-state index is 12.1. The second-order valence-electron chi connectivity index (χ2n) is 4.28. The summed E-state index contributed by atoms with van der Waals surface area (Å²) in [5.41, 5.74) is 7.36. The lowest BCUT2D eigenvalue weighted by Crippen LogP contribution is -2.26. The predicted molar refractivity (Wildman–Crippen MR) is 72.3 cm³/mol. The van der Waals surface area contributed by atoms with Gasteiger partial charge in [-0.15, -0.1) is 0 Å². The highest BCUT2D eigenvalue weighted by Crippen LogP contribution is 2.15. The molecule has 0 radical (unpaired) electrons. The Morgan fingerprint density at radius 3 is 2.85 bits per heavy atom. The number of nitrogens with one attached hydrogen (secondary N) is 1. The predicted octanol–water partition coefficient (Wildman–Crippen LogP) is 0.358. The van der Waals surface area contributed by atoms with Gasteiger partial charge in [-0.05, 0) is 30.2 Å². The second kappa shape index (κ2) is 6.12. The lowest BCUT2D eigenvalue weighted by Gasteiger charge is -2.09. The number of aromatic nitrogens is 2. The fourth-order valence-electron chi connectivity index (χ4n) is 1.72. The zero-order chi connectivity index (χ0) is 14.6. The molecule has 0 fully saturated rings. The first-order valence-electron chi connectivity index (χ1n) is 6.08. The van der Waals surface area contributed by atoms with Gasteiger partial charge in [0.15, 0.2) is 6.33 Å². The quantitative estimate of drug-likeness (QED) is 0.796. The summed E-state index contributed by atoms with van der Waals surface area (Å²) in [5, 5.41) is 3.45. The topological polar surface area (TPSA) is 111 Å². The summed E-state index contributed by atoms with van der Waals surface area (Å²) in [6.07, 6.45) is 1.62. The van der Waals surface area contributed by atoms with Gasteiger partial charge in [0, 0.05) is 19.5 Å². The summed E-state index contributed by atoms with van der Waals surface area (Å²) in [6, 6.07) is 4.89. The van der Waals surface area contributed by atoms with Crippen molar-refractivity contribution in [2.24, 2.45) is 5.73 Å². The Bertz CT molecular complexity index is 668. The van der Waals surface area contributed by atoms with Crippen molar-refractivity contribution in [1.29, 1.82) is 0 Å². The monoisotopic (exact) mass is 296 g/mol. The van der Waals surface area contributed by atoms with Crippen molar-refractivity contribution in [1.82, 2.24) is 14.9 Å². The van der Waals surface area contributed by atoms with E-state index >= 15 is 0 Å². The van der Waals surface area contributed by atoms with E-state index in [2.05, 4.69) is 14.9 Å². The molecule has 108 valence electrons. The molecule has 0 saturated heterocycles. The largest absolute Gasteiger partial charge is 0.340 e. The molecule has 8 heteroatoms. The third-order valence-electron chi connectivity index (χ3n) is 2.89. The number of aryl methyl sites for hydroxylation is 1. The van der Waals surface area contributed by atoms with Gasteiger partial charge in [-0.3, -0.25) is 0 Å². The van der Waals surface area contributed by atoms with E-state index in [-0.39, 0.29) is 11.4 Å². The van der Waals surface area contributed by atoms with Gasteiger partial charge < -0.3 is 10.3 Å². The fraction of sp³-hybridized carbons (Fsp3) is 0.333. The Morgan fingerprint density at radius 2 is 2.20 bits per heavy atom. The van der Waals surface area contributed by atoms with E-state index in [4.69, 9.17) is 10.3 Å². The van der Waals surface area contributed by atoms with Gasteiger partial charge >= 0.3 is 0 Å². The highest BCUT2D eigenvalue weighted by Gasteiger charge is 2.15. The molecule has 0 aliphatic heterocycles. The van der Waals surface area contributed by atoms with E-state index in [1.165, 1.54) is 6.33 Å². The van der Waals surface area contributed by atoms with Crippen LogP contribution in [-0.2, 0) is 23.0 Å². The van der Waals surface area contributed by atoms with Crippen molar-refractivity contribution in [2.75, 3.05) is 6.54 Å². The number of sulfonamides is 1. The Hall–Kier alpha value is -1.77. The van der Waals surface area contributed by atoms with Crippen LogP contribution in [0.4, 0.5) is 0 Å². The summed E-state index contributed by atoms with van der Waals surface area (Å²) in [4.78, 5) is 4.02. The molecule has 0 bridgehead atoms. The first-order chi connectivity index (χ1) is 9.53. The van der Waals surface area contributed by atoms with Crippen LogP contribution in [0, 0.1) is 6.92 Å². The Balaban J connectivity index is 2.06. The van der Waals surface area contributed by atoms with Gasteiger partial charge in [-0.2, -0.15) is 4.98 Å². The van der Waals surface area contributed by atoms with Gasteiger partial charge in [0.05, 0.1) is 4.90 Å². The van der Waals surface area contributed by atoms with Crippen molar-refractivity contribution in [2.45, 2.75) is 24.8 Å². The Kier molecular flexibility index (Phi) is 4.48. The van der Waals surface area contributed by atoms with Crippen molar-refractivity contribution in [3.63, 3.8) is 0 Å². The summed E-state index contributed by atoms with van der Waals surface area (Å²) < 4.78 is 31.5. The molecule has 2 aromatic rings. The Labute approximate surface area is 117 Å². The van der Waals surface area contributed by atoms with E-state index in [1.54, 1.807) is 18.2 Å². The lowest BCUT2D eigenvalue weighted by atomic mass is 10.1. The van der Waals surface area contributed by atoms with Crippen molar-refractivity contribution in [3.05, 3.63) is 41.5 Å². The van der Waals surface area contributed by atoms with Crippen LogP contribution in [-0.4, -0.2) is 25.1 Å². The third kappa shape index (κ3) is 3.41. The van der Waals surface area contributed by atoms with Crippen LogP contribution >= 0.6 is 0 Å². The second-order valence-corrected chi connectivity index (χ2v) is 6.04. The minimum absolute atomic E-state index is 0.191. The maximum absolute atomic E-state index is 12.1. The van der Waals surface area contributed by atoms with Crippen LogP contribution in [0.2, 0.25) is 0 Å². The van der Waals surface area contributed by atoms with E-state index in [0.29, 0.717) is 18.9 Å². The average molecular weight is 296 g/mol. The Morgan fingerprint density at radius 1 is 1.40 bits per heavy atom. The minimum Gasteiger partial charge on any atom is -0.340 e. The fourth-order valence-corrected chi connectivity index (χ4v) is 2.80. The molecule has 1 aromatic carbocycles. The van der Waals surface area contributed by atoms with Gasteiger partial charge in [-0.1, -0.05) is 11.2 Å². The van der Waals surface area contributed by atoms with Crippen molar-refractivity contribution >= 4 is 10.0 Å². The summed E-state index contributed by atoms with van der Waals surface area (Å²) >= 11 is 0. The van der Waals surface area contributed by atoms with E-state index in [9.17, 15) is 8.42 Å². The smallest absolute Gasteiger partial charge is 0.240 e. The molecule has 0 amide bonds. The summed E-state index contributed by atoms with van der Waals surface area (Å²) in [5.74, 6) is 0.388. The summed E-state index contributed by atoms with van der Waals surface area (Å²) in [6.45, 7) is 2.38. The molecule has 3 N–H and O–H groups in total. The molecule has 0 aliphatic carbocycles. The molecule has 0 saturated carbocycles. The van der Waals surface area contributed by atoms with Crippen LogP contribution in [0.25, 0.3) is 0 Å². The van der Waals surface area contributed by atoms with Gasteiger partial charge in [-0.25, -0.2) is 13.1 Å². The third-order valence-corrected chi connectivity index (χ3v) is 4.35. The van der Waals surface area contributed by atoms with Gasteiger partial charge in [0.25, 0.3) is 0 Å².